The molecule has 0 aliphatic carbocycles. The van der Waals surface area contributed by atoms with Gasteiger partial charge < -0.3 is 0 Å². The lowest BCUT2D eigenvalue weighted by Crippen LogP contribution is -1.80. The number of hydrogen-bond acceptors (Lipinski definition) is 4. The molecule has 0 spiro atoms. The van der Waals surface area contributed by atoms with Crippen molar-refractivity contribution in [2.75, 3.05) is 0 Å². The van der Waals surface area contributed by atoms with Crippen LogP contribution in [0.1, 0.15) is 16.7 Å². The second-order valence-electron chi connectivity index (χ2n) is 3.06. The third-order valence-corrected chi connectivity index (χ3v) is 4.49. The first-order chi connectivity index (χ1) is 7.19. The standard InChI is InChI=1S/C10H9NO2S2/c1-2-8-5-7-6-9(3-4-11(12)13)15-10(7)14-8/h3-6H,2H2,1H3/b4-3+. The van der Waals surface area contributed by atoms with Gasteiger partial charge in [-0.1, -0.05) is 6.92 Å². The van der Waals surface area contributed by atoms with Gasteiger partial charge >= 0.3 is 0 Å². The van der Waals surface area contributed by atoms with Gasteiger partial charge in [-0.2, -0.15) is 0 Å². The molecule has 0 fully saturated rings. The van der Waals surface area contributed by atoms with E-state index in [-0.39, 0.29) is 0 Å². The molecule has 0 saturated carbocycles. The summed E-state index contributed by atoms with van der Waals surface area (Å²) in [5.41, 5.74) is 0. The van der Waals surface area contributed by atoms with Crippen LogP contribution in [0.15, 0.2) is 18.3 Å². The number of fused-ring (bicyclic) bond motifs is 1. The van der Waals surface area contributed by atoms with Crippen molar-refractivity contribution in [1.82, 2.24) is 0 Å². The number of rotatable bonds is 3. The van der Waals surface area contributed by atoms with Crippen LogP contribution in [0.2, 0.25) is 0 Å². The summed E-state index contributed by atoms with van der Waals surface area (Å²) in [7, 11) is 0. The zero-order valence-electron chi connectivity index (χ0n) is 8.10. The van der Waals surface area contributed by atoms with E-state index in [1.807, 2.05) is 6.07 Å². The van der Waals surface area contributed by atoms with Gasteiger partial charge in [0.1, 0.15) is 0 Å². The van der Waals surface area contributed by atoms with Gasteiger partial charge in [-0.15, -0.1) is 22.7 Å². The molecule has 0 unspecified atom stereocenters. The van der Waals surface area contributed by atoms with Crippen molar-refractivity contribution in [1.29, 1.82) is 0 Å². The van der Waals surface area contributed by atoms with Crippen molar-refractivity contribution in [2.24, 2.45) is 0 Å². The maximum Gasteiger partial charge on any atom is 0.235 e. The summed E-state index contributed by atoms with van der Waals surface area (Å²) >= 11 is 3.37. The Labute approximate surface area is 94.8 Å². The molecule has 0 bridgehead atoms. The molecule has 0 aliphatic rings. The molecule has 2 aromatic heterocycles. The second-order valence-corrected chi connectivity index (χ2v) is 5.54. The first-order valence-electron chi connectivity index (χ1n) is 4.53. The lowest BCUT2D eigenvalue weighted by atomic mass is 10.3. The van der Waals surface area contributed by atoms with Crippen LogP contribution in [0, 0.1) is 10.1 Å². The highest BCUT2D eigenvalue weighted by molar-refractivity contribution is 7.38. The second kappa shape index (κ2) is 4.12. The number of thiophene rings is 2. The van der Waals surface area contributed by atoms with E-state index in [0.717, 1.165) is 17.5 Å². The molecule has 2 rings (SSSR count). The maximum atomic E-state index is 10.2. The van der Waals surface area contributed by atoms with E-state index in [2.05, 4.69) is 13.0 Å². The highest BCUT2D eigenvalue weighted by atomic mass is 32.2. The van der Waals surface area contributed by atoms with Crippen LogP contribution in [0.25, 0.3) is 15.5 Å². The molecule has 78 valence electrons. The third-order valence-electron chi connectivity index (χ3n) is 1.99. The Morgan fingerprint density at radius 2 is 2.27 bits per heavy atom. The average Bonchev–Trinajstić information content (AvgIpc) is 2.70. The zero-order valence-corrected chi connectivity index (χ0v) is 9.73. The Balaban J connectivity index is 2.32. The van der Waals surface area contributed by atoms with E-state index in [4.69, 9.17) is 0 Å². The van der Waals surface area contributed by atoms with Gasteiger partial charge in [0.15, 0.2) is 0 Å². The quantitative estimate of drug-likeness (QED) is 0.604. The van der Waals surface area contributed by atoms with Crippen LogP contribution in [-0.2, 0) is 6.42 Å². The lowest BCUT2D eigenvalue weighted by Gasteiger charge is -1.83. The normalized spacial score (nSPS) is 11.5. The molecular formula is C10H9NO2S2. The zero-order chi connectivity index (χ0) is 10.8. The minimum Gasteiger partial charge on any atom is -0.259 e. The van der Waals surface area contributed by atoms with Crippen molar-refractivity contribution in [2.45, 2.75) is 13.3 Å². The topological polar surface area (TPSA) is 43.1 Å². The van der Waals surface area contributed by atoms with E-state index in [0.29, 0.717) is 0 Å². The summed E-state index contributed by atoms with van der Waals surface area (Å²) in [5, 5.41) is 11.4. The van der Waals surface area contributed by atoms with Gasteiger partial charge in [0.2, 0.25) is 6.20 Å². The first kappa shape index (κ1) is 10.3. The molecule has 2 aromatic rings. The molecule has 0 N–H and O–H groups in total. The smallest absolute Gasteiger partial charge is 0.235 e. The van der Waals surface area contributed by atoms with Gasteiger partial charge in [-0.3, -0.25) is 10.1 Å². The fourth-order valence-corrected chi connectivity index (χ4v) is 3.65. The van der Waals surface area contributed by atoms with Crippen LogP contribution in [-0.4, -0.2) is 4.92 Å². The van der Waals surface area contributed by atoms with E-state index in [9.17, 15) is 10.1 Å². The third kappa shape index (κ3) is 2.24. The van der Waals surface area contributed by atoms with Crippen molar-refractivity contribution >= 4 is 38.1 Å². The van der Waals surface area contributed by atoms with Crippen LogP contribution in [0.3, 0.4) is 0 Å². The fraction of sp³-hybridized carbons (Fsp3) is 0.200. The Morgan fingerprint density at radius 3 is 2.87 bits per heavy atom. The van der Waals surface area contributed by atoms with E-state index in [1.54, 1.807) is 28.7 Å². The summed E-state index contributed by atoms with van der Waals surface area (Å²) in [6.07, 6.45) is 3.57. The molecule has 0 radical (unpaired) electrons. The number of nitrogens with zero attached hydrogens (tertiary/aromatic N) is 1. The molecule has 0 aromatic carbocycles. The minimum atomic E-state index is -0.439. The maximum absolute atomic E-state index is 10.2. The van der Waals surface area contributed by atoms with E-state index >= 15 is 0 Å². The Hall–Kier alpha value is -1.20. The number of nitro groups is 1. The average molecular weight is 239 g/mol. The number of aryl methyl sites for hydroxylation is 1. The predicted molar refractivity (Wildman–Crippen MR) is 65.1 cm³/mol. The summed E-state index contributed by atoms with van der Waals surface area (Å²) < 4.78 is 1.25. The van der Waals surface area contributed by atoms with E-state index < -0.39 is 4.92 Å². The monoisotopic (exact) mass is 239 g/mol. The highest BCUT2D eigenvalue weighted by Crippen LogP contribution is 2.34. The van der Waals surface area contributed by atoms with Crippen LogP contribution < -0.4 is 0 Å². The van der Waals surface area contributed by atoms with E-state index in [1.165, 1.54) is 14.3 Å². The molecule has 0 saturated heterocycles. The summed E-state index contributed by atoms with van der Waals surface area (Å²) in [6.45, 7) is 2.13. The Bertz CT molecular complexity index is 493. The van der Waals surface area contributed by atoms with Crippen molar-refractivity contribution in [3.63, 3.8) is 0 Å². The SMILES string of the molecule is CCc1cc2cc(/C=C/[N+](=O)[O-])sc2s1. The van der Waals surface area contributed by atoms with Crippen LogP contribution in [0.4, 0.5) is 0 Å². The van der Waals surface area contributed by atoms with Gasteiger partial charge in [0, 0.05) is 21.2 Å². The largest absolute Gasteiger partial charge is 0.259 e. The van der Waals surface area contributed by atoms with Crippen LogP contribution in [0.5, 0.6) is 0 Å². The Morgan fingerprint density at radius 1 is 1.47 bits per heavy atom. The molecular weight excluding hydrogens is 230 g/mol. The van der Waals surface area contributed by atoms with Crippen molar-refractivity contribution in [3.05, 3.63) is 38.2 Å². The minimum absolute atomic E-state index is 0.439. The van der Waals surface area contributed by atoms with Gasteiger partial charge in [0.25, 0.3) is 0 Å². The molecule has 3 nitrogen and oxygen atoms in total. The summed E-state index contributed by atoms with van der Waals surface area (Å²) in [4.78, 5) is 12.0. The van der Waals surface area contributed by atoms with Gasteiger partial charge in [-0.05, 0) is 18.6 Å². The van der Waals surface area contributed by atoms with Crippen molar-refractivity contribution in [3.8, 4) is 0 Å². The highest BCUT2D eigenvalue weighted by Gasteiger charge is 2.04. The fourth-order valence-electron chi connectivity index (χ4n) is 1.30. The van der Waals surface area contributed by atoms with Gasteiger partial charge in [0.05, 0.1) is 8.94 Å². The lowest BCUT2D eigenvalue weighted by molar-refractivity contribution is -0.400. The number of hydrogen-bond donors (Lipinski definition) is 0. The summed E-state index contributed by atoms with van der Waals surface area (Å²) in [6, 6.07) is 4.15. The predicted octanol–water partition coefficient (Wildman–Crippen LogP) is 3.77. The molecule has 0 amide bonds. The molecule has 15 heavy (non-hydrogen) atoms. The first-order valence-corrected chi connectivity index (χ1v) is 6.16. The summed E-state index contributed by atoms with van der Waals surface area (Å²) in [5.74, 6) is 0. The van der Waals surface area contributed by atoms with Crippen LogP contribution >= 0.6 is 22.7 Å². The molecule has 2 heterocycles. The Kier molecular flexibility index (Phi) is 2.83. The molecule has 0 aliphatic heterocycles. The molecule has 5 heteroatoms. The van der Waals surface area contributed by atoms with Crippen molar-refractivity contribution < 1.29 is 4.92 Å². The van der Waals surface area contributed by atoms with Gasteiger partial charge in [-0.25, -0.2) is 0 Å². The molecule has 0 atom stereocenters.